The van der Waals surface area contributed by atoms with Crippen LogP contribution in [0.3, 0.4) is 0 Å². The molecule has 1 amide bonds. The number of nitrogens with zero attached hydrogens (tertiary/aromatic N) is 1. The first kappa shape index (κ1) is 15.6. The van der Waals surface area contributed by atoms with Crippen molar-refractivity contribution in [1.82, 2.24) is 4.90 Å². The van der Waals surface area contributed by atoms with Gasteiger partial charge in [0.25, 0.3) is 5.91 Å². The average Bonchev–Trinajstić information content (AvgIpc) is 2.86. The summed E-state index contributed by atoms with van der Waals surface area (Å²) < 4.78 is 38.1. The lowest BCUT2D eigenvalue weighted by Crippen LogP contribution is -2.31. The number of hydrogen-bond donors (Lipinski definition) is 2. The topological polar surface area (TPSA) is 66.6 Å². The molecule has 0 aromatic heterocycles. The van der Waals surface area contributed by atoms with Crippen molar-refractivity contribution in [3.8, 4) is 0 Å². The third-order valence-corrected chi connectivity index (χ3v) is 3.81. The molecule has 0 radical (unpaired) electrons. The van der Waals surface area contributed by atoms with Crippen LogP contribution in [0.25, 0.3) is 0 Å². The van der Waals surface area contributed by atoms with E-state index in [0.29, 0.717) is 19.5 Å². The smallest absolute Gasteiger partial charge is 0.398 e. The van der Waals surface area contributed by atoms with E-state index in [-0.39, 0.29) is 17.2 Å². The molecule has 116 valence electrons. The van der Waals surface area contributed by atoms with Crippen LogP contribution in [0.15, 0.2) is 18.2 Å². The van der Waals surface area contributed by atoms with Gasteiger partial charge in [-0.3, -0.25) is 4.79 Å². The first-order chi connectivity index (χ1) is 9.70. The van der Waals surface area contributed by atoms with Crippen molar-refractivity contribution in [1.29, 1.82) is 0 Å². The van der Waals surface area contributed by atoms with Crippen LogP contribution in [0, 0.1) is 5.92 Å². The van der Waals surface area contributed by atoms with E-state index in [1.54, 1.807) is 6.92 Å². The molecule has 1 aliphatic rings. The number of carbonyl (C=O) groups excluding carboxylic acids is 1. The van der Waals surface area contributed by atoms with Gasteiger partial charge < -0.3 is 15.7 Å². The fourth-order valence-corrected chi connectivity index (χ4v) is 2.45. The Labute approximate surface area is 120 Å². The van der Waals surface area contributed by atoms with Crippen LogP contribution in [0.2, 0.25) is 0 Å². The highest BCUT2D eigenvalue weighted by Crippen LogP contribution is 2.32. The number of hydrogen-bond acceptors (Lipinski definition) is 3. The van der Waals surface area contributed by atoms with Gasteiger partial charge in [-0.25, -0.2) is 0 Å². The number of benzene rings is 1. The van der Waals surface area contributed by atoms with Gasteiger partial charge >= 0.3 is 6.18 Å². The number of rotatable bonds is 2. The molecule has 1 aromatic rings. The molecule has 1 saturated heterocycles. The number of halogens is 3. The van der Waals surface area contributed by atoms with Crippen molar-refractivity contribution < 1.29 is 23.1 Å². The number of likely N-dealkylation sites (tertiary alicyclic amines) is 1. The number of alkyl halides is 3. The fourth-order valence-electron chi connectivity index (χ4n) is 2.45. The third-order valence-electron chi connectivity index (χ3n) is 3.81. The van der Waals surface area contributed by atoms with Crippen molar-refractivity contribution in [2.75, 3.05) is 18.8 Å². The lowest BCUT2D eigenvalue weighted by molar-refractivity contribution is -0.137. The van der Waals surface area contributed by atoms with Crippen LogP contribution in [0.5, 0.6) is 0 Å². The van der Waals surface area contributed by atoms with Gasteiger partial charge in [0.2, 0.25) is 0 Å². The number of aliphatic hydroxyl groups is 1. The van der Waals surface area contributed by atoms with Gasteiger partial charge in [-0.15, -0.1) is 0 Å². The zero-order valence-electron chi connectivity index (χ0n) is 11.5. The minimum Gasteiger partial charge on any atom is -0.398 e. The lowest BCUT2D eigenvalue weighted by atomic mass is 10.0. The maximum Gasteiger partial charge on any atom is 0.416 e. The molecule has 0 aliphatic carbocycles. The Hall–Kier alpha value is -1.76. The second-order valence-corrected chi connectivity index (χ2v) is 5.34. The summed E-state index contributed by atoms with van der Waals surface area (Å²) in [4.78, 5) is 13.7. The molecule has 3 N–H and O–H groups in total. The monoisotopic (exact) mass is 302 g/mol. The molecule has 1 aromatic carbocycles. The first-order valence-corrected chi connectivity index (χ1v) is 6.64. The van der Waals surface area contributed by atoms with Gasteiger partial charge in [-0.05, 0) is 31.5 Å². The maximum absolute atomic E-state index is 12.7. The highest BCUT2D eigenvalue weighted by molar-refractivity contribution is 5.99. The zero-order valence-corrected chi connectivity index (χ0v) is 11.5. The number of aliphatic hydroxyl groups excluding tert-OH is 1. The molecule has 4 nitrogen and oxygen atoms in total. The van der Waals surface area contributed by atoms with Crippen LogP contribution < -0.4 is 5.73 Å². The summed E-state index contributed by atoms with van der Waals surface area (Å²) >= 11 is 0. The van der Waals surface area contributed by atoms with Gasteiger partial charge in [-0.2, -0.15) is 13.2 Å². The van der Waals surface area contributed by atoms with Gasteiger partial charge in [0.05, 0.1) is 17.2 Å². The molecule has 2 unspecified atom stereocenters. The summed E-state index contributed by atoms with van der Waals surface area (Å²) in [5, 5.41) is 9.52. The maximum atomic E-state index is 12.7. The summed E-state index contributed by atoms with van der Waals surface area (Å²) in [6.45, 7) is 2.37. The highest BCUT2D eigenvalue weighted by Gasteiger charge is 2.34. The molecule has 1 aliphatic heterocycles. The molecule has 2 atom stereocenters. The minimum atomic E-state index is -4.52. The molecule has 0 bridgehead atoms. The Morgan fingerprint density at radius 1 is 1.48 bits per heavy atom. The Bertz CT molecular complexity index is 544. The molecule has 0 saturated carbocycles. The number of nitrogens with two attached hydrogens (primary N) is 1. The van der Waals surface area contributed by atoms with Crippen molar-refractivity contribution in [2.45, 2.75) is 25.6 Å². The van der Waals surface area contributed by atoms with E-state index in [0.717, 1.165) is 18.2 Å². The van der Waals surface area contributed by atoms with Crippen LogP contribution in [0.1, 0.15) is 29.3 Å². The summed E-state index contributed by atoms with van der Waals surface area (Å²) in [7, 11) is 0. The Morgan fingerprint density at radius 3 is 2.67 bits per heavy atom. The molecule has 1 heterocycles. The zero-order chi connectivity index (χ0) is 15.8. The van der Waals surface area contributed by atoms with Crippen LogP contribution in [0.4, 0.5) is 18.9 Å². The molecular formula is C14H17F3N2O2. The SMILES string of the molecule is CC(O)C1CCN(C(=O)c2cc(C(F)(F)F)ccc2N)C1. The Morgan fingerprint density at radius 2 is 2.14 bits per heavy atom. The largest absolute Gasteiger partial charge is 0.416 e. The lowest BCUT2D eigenvalue weighted by Gasteiger charge is -2.19. The number of amides is 1. The average molecular weight is 302 g/mol. The van der Waals surface area contributed by atoms with Gasteiger partial charge in [0.15, 0.2) is 0 Å². The Balaban J connectivity index is 2.24. The van der Waals surface area contributed by atoms with Crippen molar-refractivity contribution >= 4 is 11.6 Å². The van der Waals surface area contributed by atoms with Gasteiger partial charge in [-0.1, -0.05) is 0 Å². The minimum absolute atomic E-state index is 0.0218. The fraction of sp³-hybridized carbons (Fsp3) is 0.500. The first-order valence-electron chi connectivity index (χ1n) is 6.64. The van der Waals surface area contributed by atoms with E-state index in [4.69, 9.17) is 5.73 Å². The van der Waals surface area contributed by atoms with E-state index in [1.165, 1.54) is 4.90 Å². The predicted octanol–water partition coefficient (Wildman–Crippen LogP) is 2.13. The van der Waals surface area contributed by atoms with E-state index >= 15 is 0 Å². The second-order valence-electron chi connectivity index (χ2n) is 5.34. The van der Waals surface area contributed by atoms with E-state index < -0.39 is 23.8 Å². The molecule has 0 spiro atoms. The summed E-state index contributed by atoms with van der Waals surface area (Å²) in [6.07, 6.45) is -4.44. The van der Waals surface area contributed by atoms with Crippen LogP contribution in [-0.2, 0) is 6.18 Å². The highest BCUT2D eigenvalue weighted by atomic mass is 19.4. The third kappa shape index (κ3) is 3.29. The van der Waals surface area contributed by atoms with Gasteiger partial charge in [0.1, 0.15) is 0 Å². The van der Waals surface area contributed by atoms with Crippen molar-refractivity contribution in [2.24, 2.45) is 5.92 Å². The molecule has 21 heavy (non-hydrogen) atoms. The van der Waals surface area contributed by atoms with E-state index in [1.807, 2.05) is 0 Å². The summed E-state index contributed by atoms with van der Waals surface area (Å²) in [6, 6.07) is 2.74. The Kier molecular flexibility index (Phi) is 4.13. The number of carbonyl (C=O) groups is 1. The van der Waals surface area contributed by atoms with Crippen molar-refractivity contribution in [3.05, 3.63) is 29.3 Å². The predicted molar refractivity (Wildman–Crippen MR) is 71.5 cm³/mol. The second kappa shape index (κ2) is 5.55. The normalized spacial score (nSPS) is 20.6. The van der Waals surface area contributed by atoms with E-state index in [9.17, 15) is 23.1 Å². The summed E-state index contributed by atoms with van der Waals surface area (Å²) in [5.74, 6) is -0.581. The standard InChI is InChI=1S/C14H17F3N2O2/c1-8(20)9-4-5-19(7-9)13(21)11-6-10(14(15,16)17)2-3-12(11)18/h2-3,6,8-9,20H,4-5,7,18H2,1H3. The number of nitrogen functional groups attached to an aromatic ring is 1. The molecular weight excluding hydrogens is 285 g/mol. The summed E-state index contributed by atoms with van der Waals surface area (Å²) in [5.41, 5.74) is 4.61. The van der Waals surface area contributed by atoms with E-state index in [2.05, 4.69) is 0 Å². The molecule has 2 rings (SSSR count). The van der Waals surface area contributed by atoms with Gasteiger partial charge in [0, 0.05) is 24.7 Å². The quantitative estimate of drug-likeness (QED) is 0.823. The van der Waals surface area contributed by atoms with Crippen LogP contribution in [-0.4, -0.2) is 35.1 Å². The van der Waals surface area contributed by atoms with Crippen molar-refractivity contribution in [3.63, 3.8) is 0 Å². The molecule has 7 heteroatoms. The number of anilines is 1. The van der Waals surface area contributed by atoms with Crippen LogP contribution >= 0.6 is 0 Å². The molecule has 1 fully saturated rings.